The zero-order valence-corrected chi connectivity index (χ0v) is 13.8. The fraction of sp³-hybridized carbons (Fsp3) is 0.706. The first-order valence-electron chi connectivity index (χ1n) is 8.69. The molecule has 1 saturated heterocycles. The predicted molar refractivity (Wildman–Crippen MR) is 87.7 cm³/mol. The summed E-state index contributed by atoms with van der Waals surface area (Å²) < 4.78 is 1.66. The monoisotopic (exact) mass is 318 g/mol. The van der Waals surface area contributed by atoms with Gasteiger partial charge in [-0.3, -0.25) is 14.3 Å². The van der Waals surface area contributed by atoms with Gasteiger partial charge in [0.2, 0.25) is 11.8 Å². The fourth-order valence-corrected chi connectivity index (χ4v) is 3.72. The van der Waals surface area contributed by atoms with E-state index in [1.807, 2.05) is 11.9 Å². The van der Waals surface area contributed by atoms with Crippen LogP contribution in [0.2, 0.25) is 0 Å². The number of anilines is 1. The maximum atomic E-state index is 12.3. The van der Waals surface area contributed by atoms with Crippen molar-refractivity contribution in [3.8, 4) is 0 Å². The number of carbonyl (C=O) groups excluding carboxylic acids is 2. The van der Waals surface area contributed by atoms with Crippen LogP contribution < -0.4 is 5.32 Å². The number of likely N-dealkylation sites (tertiary alicyclic amines) is 1. The maximum Gasteiger partial charge on any atom is 0.229 e. The van der Waals surface area contributed by atoms with Gasteiger partial charge in [0.15, 0.2) is 0 Å². The molecule has 23 heavy (non-hydrogen) atoms. The molecule has 126 valence electrons. The second kappa shape index (κ2) is 7.15. The van der Waals surface area contributed by atoms with E-state index in [0.29, 0.717) is 25.2 Å². The van der Waals surface area contributed by atoms with Gasteiger partial charge in [0, 0.05) is 32.8 Å². The third-order valence-corrected chi connectivity index (χ3v) is 5.13. The fourth-order valence-electron chi connectivity index (χ4n) is 3.72. The summed E-state index contributed by atoms with van der Waals surface area (Å²) in [6, 6.07) is 0. The number of nitrogens with zero attached hydrogens (tertiary/aromatic N) is 3. The number of aromatic nitrogens is 2. The molecule has 6 nitrogen and oxygen atoms in total. The Bertz CT molecular complexity index is 563. The van der Waals surface area contributed by atoms with Crippen LogP contribution in [0.4, 0.5) is 5.69 Å². The van der Waals surface area contributed by atoms with Gasteiger partial charge in [0.05, 0.1) is 17.8 Å². The quantitative estimate of drug-likeness (QED) is 0.905. The van der Waals surface area contributed by atoms with Crippen molar-refractivity contribution in [3.63, 3.8) is 0 Å². The summed E-state index contributed by atoms with van der Waals surface area (Å²) in [5, 5.41) is 6.92. The van der Waals surface area contributed by atoms with E-state index in [2.05, 4.69) is 10.4 Å². The average Bonchev–Trinajstić information content (AvgIpc) is 3.26. The smallest absolute Gasteiger partial charge is 0.229 e. The zero-order valence-electron chi connectivity index (χ0n) is 13.8. The van der Waals surface area contributed by atoms with Crippen molar-refractivity contribution in [2.75, 3.05) is 18.4 Å². The Morgan fingerprint density at radius 3 is 2.78 bits per heavy atom. The van der Waals surface area contributed by atoms with Crippen LogP contribution in [0.25, 0.3) is 0 Å². The molecule has 1 N–H and O–H groups in total. The SMILES string of the molecule is Cn1cc(NC(=O)[C@@H]2CCN(C(=O)CCC3CCCC3)C2)cn1. The van der Waals surface area contributed by atoms with E-state index >= 15 is 0 Å². The van der Waals surface area contributed by atoms with Gasteiger partial charge >= 0.3 is 0 Å². The third kappa shape index (κ3) is 4.12. The van der Waals surface area contributed by atoms with Crippen molar-refractivity contribution in [2.24, 2.45) is 18.9 Å². The molecular weight excluding hydrogens is 292 g/mol. The molecule has 1 aliphatic heterocycles. The Kier molecular flexibility index (Phi) is 4.98. The topological polar surface area (TPSA) is 67.2 Å². The molecule has 2 amide bonds. The molecule has 2 aliphatic rings. The molecule has 2 heterocycles. The van der Waals surface area contributed by atoms with Gasteiger partial charge in [0.1, 0.15) is 0 Å². The zero-order chi connectivity index (χ0) is 16.2. The second-order valence-electron chi connectivity index (χ2n) is 6.91. The van der Waals surface area contributed by atoms with Crippen molar-refractivity contribution in [2.45, 2.75) is 44.9 Å². The molecule has 1 aliphatic carbocycles. The first kappa shape index (κ1) is 16.0. The van der Waals surface area contributed by atoms with E-state index in [1.54, 1.807) is 17.1 Å². The van der Waals surface area contributed by atoms with Crippen molar-refractivity contribution >= 4 is 17.5 Å². The summed E-state index contributed by atoms with van der Waals surface area (Å²) in [7, 11) is 1.82. The second-order valence-corrected chi connectivity index (χ2v) is 6.91. The van der Waals surface area contributed by atoms with E-state index < -0.39 is 0 Å². The number of amides is 2. The summed E-state index contributed by atoms with van der Waals surface area (Å²) in [6.45, 7) is 1.25. The Hall–Kier alpha value is -1.85. The van der Waals surface area contributed by atoms with Crippen molar-refractivity contribution in [3.05, 3.63) is 12.4 Å². The summed E-state index contributed by atoms with van der Waals surface area (Å²) in [4.78, 5) is 26.4. The number of nitrogens with one attached hydrogen (secondary N) is 1. The van der Waals surface area contributed by atoms with Gasteiger partial charge in [0.25, 0.3) is 0 Å². The van der Waals surface area contributed by atoms with Crippen LogP contribution in [0.1, 0.15) is 44.9 Å². The van der Waals surface area contributed by atoms with Crippen LogP contribution in [0.5, 0.6) is 0 Å². The van der Waals surface area contributed by atoms with Crippen LogP contribution in [0, 0.1) is 11.8 Å². The van der Waals surface area contributed by atoms with Crippen molar-refractivity contribution in [1.29, 1.82) is 0 Å². The first-order valence-corrected chi connectivity index (χ1v) is 8.69. The minimum atomic E-state index is -0.106. The minimum absolute atomic E-state index is 0.0101. The van der Waals surface area contributed by atoms with Crippen LogP contribution >= 0.6 is 0 Å². The molecule has 0 spiro atoms. The minimum Gasteiger partial charge on any atom is -0.342 e. The molecule has 2 fully saturated rings. The highest BCUT2D eigenvalue weighted by Crippen LogP contribution is 2.29. The highest BCUT2D eigenvalue weighted by Gasteiger charge is 2.31. The van der Waals surface area contributed by atoms with Crippen LogP contribution in [0.15, 0.2) is 12.4 Å². The Morgan fingerprint density at radius 1 is 1.30 bits per heavy atom. The largest absolute Gasteiger partial charge is 0.342 e. The number of hydrogen-bond acceptors (Lipinski definition) is 3. The number of aryl methyl sites for hydroxylation is 1. The van der Waals surface area contributed by atoms with Gasteiger partial charge in [-0.25, -0.2) is 0 Å². The Morgan fingerprint density at radius 2 is 2.09 bits per heavy atom. The molecule has 0 bridgehead atoms. The van der Waals surface area contributed by atoms with Crippen molar-refractivity contribution < 1.29 is 9.59 Å². The molecule has 0 unspecified atom stereocenters. The maximum absolute atomic E-state index is 12.3. The molecule has 1 aromatic rings. The summed E-state index contributed by atoms with van der Waals surface area (Å²) >= 11 is 0. The molecule has 3 rings (SSSR count). The Labute approximate surface area is 137 Å². The lowest BCUT2D eigenvalue weighted by Crippen LogP contribution is -2.31. The van der Waals surface area contributed by atoms with Crippen molar-refractivity contribution in [1.82, 2.24) is 14.7 Å². The van der Waals surface area contributed by atoms with Crippen LogP contribution in [-0.4, -0.2) is 39.6 Å². The lowest BCUT2D eigenvalue weighted by Gasteiger charge is -2.17. The summed E-state index contributed by atoms with van der Waals surface area (Å²) in [5.74, 6) is 0.842. The van der Waals surface area contributed by atoms with E-state index in [9.17, 15) is 9.59 Å². The van der Waals surface area contributed by atoms with Gasteiger partial charge in [-0.2, -0.15) is 5.10 Å². The highest BCUT2D eigenvalue weighted by molar-refractivity contribution is 5.93. The Balaban J connectivity index is 1.43. The molecule has 1 aromatic heterocycles. The lowest BCUT2D eigenvalue weighted by atomic mass is 10.0. The molecule has 0 radical (unpaired) electrons. The highest BCUT2D eigenvalue weighted by atomic mass is 16.2. The van der Waals surface area contributed by atoms with E-state index in [-0.39, 0.29) is 17.7 Å². The number of hydrogen-bond donors (Lipinski definition) is 1. The first-order chi connectivity index (χ1) is 11.1. The molecule has 1 atom stereocenters. The van der Waals surface area contributed by atoms with E-state index in [0.717, 1.165) is 18.8 Å². The third-order valence-electron chi connectivity index (χ3n) is 5.13. The number of rotatable bonds is 5. The van der Waals surface area contributed by atoms with E-state index in [4.69, 9.17) is 0 Å². The summed E-state index contributed by atoms with van der Waals surface area (Å²) in [5.41, 5.74) is 0.712. The number of carbonyl (C=O) groups is 2. The van der Waals surface area contributed by atoms with Gasteiger partial charge in [-0.05, 0) is 18.8 Å². The van der Waals surface area contributed by atoms with Gasteiger partial charge in [-0.1, -0.05) is 25.7 Å². The predicted octanol–water partition coefficient (Wildman–Crippen LogP) is 2.18. The molecule has 1 saturated carbocycles. The van der Waals surface area contributed by atoms with Crippen LogP contribution in [-0.2, 0) is 16.6 Å². The molecule has 6 heteroatoms. The lowest BCUT2D eigenvalue weighted by molar-refractivity contribution is -0.130. The normalized spacial score (nSPS) is 21.8. The van der Waals surface area contributed by atoms with E-state index in [1.165, 1.54) is 25.7 Å². The molecular formula is C17H26N4O2. The molecule has 0 aromatic carbocycles. The van der Waals surface area contributed by atoms with Gasteiger partial charge in [-0.15, -0.1) is 0 Å². The summed E-state index contributed by atoms with van der Waals surface area (Å²) in [6.07, 6.45) is 11.0. The van der Waals surface area contributed by atoms with Gasteiger partial charge < -0.3 is 10.2 Å². The average molecular weight is 318 g/mol. The standard InChI is InChI=1S/C17H26N4O2/c1-20-12-15(10-18-20)19-17(23)14-8-9-21(11-14)16(22)7-6-13-4-2-3-5-13/h10,12-14H,2-9,11H2,1H3,(H,19,23)/t14-/m1/s1. The van der Waals surface area contributed by atoms with Crippen LogP contribution in [0.3, 0.4) is 0 Å².